The van der Waals surface area contributed by atoms with Gasteiger partial charge in [0.1, 0.15) is 0 Å². The van der Waals surface area contributed by atoms with E-state index in [1.165, 1.54) is 0 Å². The fourth-order valence-electron chi connectivity index (χ4n) is 1.02. The van der Waals surface area contributed by atoms with E-state index in [9.17, 15) is 4.79 Å². The van der Waals surface area contributed by atoms with Crippen molar-refractivity contribution in [3.05, 3.63) is 38.2 Å². The summed E-state index contributed by atoms with van der Waals surface area (Å²) < 4.78 is 5.17. The van der Waals surface area contributed by atoms with Gasteiger partial charge in [0.15, 0.2) is 5.82 Å². The second-order valence-electron chi connectivity index (χ2n) is 2.57. The fraction of sp³-hybridized carbons (Fsp3) is 0. The first-order chi connectivity index (χ1) is 6.66. The summed E-state index contributed by atoms with van der Waals surface area (Å²) in [5.41, 5.74) is 0.684. The molecular weight excluding hydrogens is 271 g/mol. The SMILES string of the molecule is O=c1[nH]c(-c2cc(Cl)ccc2Br)no1. The topological polar surface area (TPSA) is 58.9 Å². The molecule has 1 aromatic carbocycles. The van der Waals surface area contributed by atoms with Crippen molar-refractivity contribution in [1.29, 1.82) is 0 Å². The van der Waals surface area contributed by atoms with E-state index in [2.05, 4.69) is 30.6 Å². The summed E-state index contributed by atoms with van der Waals surface area (Å²) in [5.74, 6) is -0.240. The maximum absolute atomic E-state index is 10.7. The van der Waals surface area contributed by atoms with E-state index in [1.54, 1.807) is 18.2 Å². The summed E-state index contributed by atoms with van der Waals surface area (Å²) in [6, 6.07) is 5.18. The number of benzene rings is 1. The number of nitrogens with one attached hydrogen (secondary N) is 1. The minimum atomic E-state index is -0.591. The van der Waals surface area contributed by atoms with Gasteiger partial charge in [0.2, 0.25) is 0 Å². The first-order valence-corrected chi connectivity index (χ1v) is 4.85. The van der Waals surface area contributed by atoms with Gasteiger partial charge in [-0.05, 0) is 18.2 Å². The fourth-order valence-corrected chi connectivity index (χ4v) is 1.63. The average Bonchev–Trinajstić information content (AvgIpc) is 2.56. The summed E-state index contributed by atoms with van der Waals surface area (Å²) in [6.07, 6.45) is 0. The number of aromatic nitrogens is 2. The third-order valence-corrected chi connectivity index (χ3v) is 2.55. The van der Waals surface area contributed by atoms with Crippen LogP contribution in [0, 0.1) is 0 Å². The third-order valence-electron chi connectivity index (χ3n) is 1.62. The first-order valence-electron chi connectivity index (χ1n) is 3.68. The monoisotopic (exact) mass is 274 g/mol. The van der Waals surface area contributed by atoms with Crippen LogP contribution in [0.2, 0.25) is 5.02 Å². The van der Waals surface area contributed by atoms with Crippen molar-refractivity contribution in [2.75, 3.05) is 0 Å². The highest BCUT2D eigenvalue weighted by Crippen LogP contribution is 2.27. The van der Waals surface area contributed by atoms with Crippen LogP contribution in [0.3, 0.4) is 0 Å². The van der Waals surface area contributed by atoms with Gasteiger partial charge in [-0.3, -0.25) is 9.51 Å². The van der Waals surface area contributed by atoms with E-state index < -0.39 is 5.76 Å². The molecule has 2 rings (SSSR count). The molecule has 72 valence electrons. The lowest BCUT2D eigenvalue weighted by Crippen LogP contribution is -1.95. The molecule has 1 aromatic heterocycles. The average molecular weight is 275 g/mol. The van der Waals surface area contributed by atoms with Crippen LogP contribution < -0.4 is 5.76 Å². The van der Waals surface area contributed by atoms with E-state index in [1.807, 2.05) is 0 Å². The zero-order valence-electron chi connectivity index (χ0n) is 6.75. The Morgan fingerprint density at radius 3 is 2.93 bits per heavy atom. The maximum atomic E-state index is 10.7. The van der Waals surface area contributed by atoms with Gasteiger partial charge in [-0.1, -0.05) is 32.7 Å². The number of H-pyrrole nitrogens is 1. The Balaban J connectivity index is 2.61. The molecule has 0 aliphatic carbocycles. The van der Waals surface area contributed by atoms with Crippen LogP contribution >= 0.6 is 27.5 Å². The lowest BCUT2D eigenvalue weighted by atomic mass is 10.2. The summed E-state index contributed by atoms with van der Waals surface area (Å²) in [4.78, 5) is 13.2. The molecule has 0 saturated heterocycles. The molecule has 0 saturated carbocycles. The highest BCUT2D eigenvalue weighted by molar-refractivity contribution is 9.10. The summed E-state index contributed by atoms with van der Waals surface area (Å²) in [6.45, 7) is 0. The number of hydrogen-bond acceptors (Lipinski definition) is 3. The van der Waals surface area contributed by atoms with Crippen LogP contribution in [-0.2, 0) is 0 Å². The highest BCUT2D eigenvalue weighted by Gasteiger charge is 2.08. The van der Waals surface area contributed by atoms with Gasteiger partial charge in [0.25, 0.3) is 0 Å². The number of aromatic amines is 1. The highest BCUT2D eigenvalue weighted by atomic mass is 79.9. The molecule has 6 heteroatoms. The third kappa shape index (κ3) is 1.73. The van der Waals surface area contributed by atoms with E-state index in [0.29, 0.717) is 16.4 Å². The lowest BCUT2D eigenvalue weighted by molar-refractivity contribution is 0.388. The number of rotatable bonds is 1. The molecule has 14 heavy (non-hydrogen) atoms. The maximum Gasteiger partial charge on any atom is 0.439 e. The minimum Gasteiger partial charge on any atom is -0.296 e. The van der Waals surface area contributed by atoms with Gasteiger partial charge in [0.05, 0.1) is 0 Å². The van der Waals surface area contributed by atoms with E-state index in [4.69, 9.17) is 11.6 Å². The van der Waals surface area contributed by atoms with E-state index >= 15 is 0 Å². The normalized spacial score (nSPS) is 10.4. The van der Waals surface area contributed by atoms with Crippen LogP contribution in [0.25, 0.3) is 11.4 Å². The molecule has 4 nitrogen and oxygen atoms in total. The minimum absolute atomic E-state index is 0.351. The molecule has 0 unspecified atom stereocenters. The molecule has 0 aliphatic rings. The van der Waals surface area contributed by atoms with Crippen molar-refractivity contribution >= 4 is 27.5 Å². The Morgan fingerprint density at radius 1 is 1.50 bits per heavy atom. The zero-order valence-corrected chi connectivity index (χ0v) is 9.09. The van der Waals surface area contributed by atoms with E-state index in [0.717, 1.165) is 4.47 Å². The van der Waals surface area contributed by atoms with E-state index in [-0.39, 0.29) is 0 Å². The van der Waals surface area contributed by atoms with Crippen molar-refractivity contribution in [2.24, 2.45) is 0 Å². The zero-order chi connectivity index (χ0) is 10.1. The molecule has 2 aromatic rings. The molecule has 0 amide bonds. The van der Waals surface area contributed by atoms with Crippen molar-refractivity contribution in [3.8, 4) is 11.4 Å². The van der Waals surface area contributed by atoms with Crippen molar-refractivity contribution in [2.45, 2.75) is 0 Å². The second-order valence-corrected chi connectivity index (χ2v) is 3.86. The van der Waals surface area contributed by atoms with Gasteiger partial charge in [0, 0.05) is 15.1 Å². The predicted molar refractivity (Wildman–Crippen MR) is 55.3 cm³/mol. The molecule has 0 fully saturated rings. The smallest absolute Gasteiger partial charge is 0.296 e. The van der Waals surface area contributed by atoms with Gasteiger partial charge in [-0.15, -0.1) is 0 Å². The van der Waals surface area contributed by atoms with Crippen molar-refractivity contribution in [3.63, 3.8) is 0 Å². The van der Waals surface area contributed by atoms with Gasteiger partial charge in [-0.2, -0.15) is 0 Å². The Kier molecular flexibility index (Phi) is 2.43. The Morgan fingerprint density at radius 2 is 2.29 bits per heavy atom. The van der Waals surface area contributed by atoms with Crippen LogP contribution in [-0.4, -0.2) is 10.1 Å². The Labute approximate surface area is 92.0 Å². The molecule has 0 radical (unpaired) electrons. The van der Waals surface area contributed by atoms with Gasteiger partial charge < -0.3 is 0 Å². The lowest BCUT2D eigenvalue weighted by Gasteiger charge is -1.99. The van der Waals surface area contributed by atoms with Gasteiger partial charge in [-0.25, -0.2) is 4.79 Å². The molecule has 0 atom stereocenters. The molecule has 0 aliphatic heterocycles. The van der Waals surface area contributed by atoms with Crippen LogP contribution in [0.4, 0.5) is 0 Å². The number of halogens is 2. The summed E-state index contributed by atoms with van der Waals surface area (Å²) in [7, 11) is 0. The van der Waals surface area contributed by atoms with Gasteiger partial charge >= 0.3 is 5.76 Å². The summed E-state index contributed by atoms with van der Waals surface area (Å²) >= 11 is 9.12. The van der Waals surface area contributed by atoms with Crippen LogP contribution in [0.1, 0.15) is 0 Å². The molecular formula is C8H4BrClN2O2. The molecule has 0 bridgehead atoms. The van der Waals surface area contributed by atoms with Crippen molar-refractivity contribution < 1.29 is 4.52 Å². The first kappa shape index (κ1) is 9.48. The second kappa shape index (κ2) is 3.59. The standard InChI is InChI=1S/C8H4BrClN2O2/c9-6-2-1-4(10)3-5(6)7-11-8(13)14-12-7/h1-3H,(H,11,12,13). The quantitative estimate of drug-likeness (QED) is 0.869. The summed E-state index contributed by atoms with van der Waals surface area (Å²) in [5, 5.41) is 4.12. The molecule has 0 spiro atoms. The van der Waals surface area contributed by atoms with Crippen molar-refractivity contribution in [1.82, 2.24) is 10.1 Å². The molecule has 1 N–H and O–H groups in total. The van der Waals surface area contributed by atoms with Crippen LogP contribution in [0.15, 0.2) is 32.0 Å². The predicted octanol–water partition coefficient (Wildman–Crippen LogP) is 2.45. The Bertz CT molecular complexity index is 520. The largest absolute Gasteiger partial charge is 0.439 e. The number of hydrogen-bond donors (Lipinski definition) is 1. The Hall–Kier alpha value is -1.07. The number of nitrogens with zero attached hydrogens (tertiary/aromatic N) is 1. The van der Waals surface area contributed by atoms with Crippen LogP contribution in [0.5, 0.6) is 0 Å². The molecule has 1 heterocycles.